The molecule has 0 heterocycles. The average molecular weight is 357 g/mol. The predicted molar refractivity (Wildman–Crippen MR) is 111 cm³/mol. The van der Waals surface area contributed by atoms with Crippen molar-refractivity contribution in [2.24, 2.45) is 5.92 Å². The molecule has 0 saturated carbocycles. The molecular weight excluding hydrogens is 320 g/mol. The first kappa shape index (κ1) is 20.6. The third-order valence-corrected chi connectivity index (χ3v) is 5.73. The summed E-state index contributed by atoms with van der Waals surface area (Å²) in [5, 5.41) is 21.3. The first-order chi connectivity index (χ1) is 12.4. The van der Waals surface area contributed by atoms with Crippen LogP contribution in [0.1, 0.15) is 89.2 Å². The normalized spacial score (nSPS) is 20.0. The lowest BCUT2D eigenvalue weighted by atomic mass is 9.73. The van der Waals surface area contributed by atoms with Gasteiger partial charge in [0.15, 0.2) is 0 Å². The molecule has 1 aromatic rings. The van der Waals surface area contributed by atoms with Crippen LogP contribution in [-0.2, 0) is 6.42 Å². The van der Waals surface area contributed by atoms with Crippen LogP contribution in [0, 0.1) is 5.92 Å². The maximum atomic E-state index is 10.7. The topological polar surface area (TPSA) is 40.5 Å². The van der Waals surface area contributed by atoms with E-state index in [0.717, 1.165) is 36.8 Å². The molecule has 0 amide bonds. The maximum Gasteiger partial charge on any atom is 0.123 e. The highest BCUT2D eigenvalue weighted by Crippen LogP contribution is 2.46. The van der Waals surface area contributed by atoms with Crippen molar-refractivity contribution >= 4 is 0 Å². The molecule has 2 N–H and O–H groups in total. The van der Waals surface area contributed by atoms with Gasteiger partial charge in [-0.15, -0.1) is 0 Å². The van der Waals surface area contributed by atoms with Gasteiger partial charge in [-0.05, 0) is 63.1 Å². The van der Waals surface area contributed by atoms with E-state index in [1.807, 2.05) is 19.1 Å². The van der Waals surface area contributed by atoms with Crippen LogP contribution < -0.4 is 0 Å². The van der Waals surface area contributed by atoms with Gasteiger partial charge in [0.1, 0.15) is 11.5 Å². The summed E-state index contributed by atoms with van der Waals surface area (Å²) in [6.07, 6.45) is 12.7. The van der Waals surface area contributed by atoms with Crippen LogP contribution in [-0.4, -0.2) is 10.2 Å². The number of aromatic hydroxyl groups is 2. The van der Waals surface area contributed by atoms with Crippen molar-refractivity contribution in [3.63, 3.8) is 0 Å². The van der Waals surface area contributed by atoms with Crippen LogP contribution in [0.2, 0.25) is 0 Å². The summed E-state index contributed by atoms with van der Waals surface area (Å²) in [5.74, 6) is 0.755. The number of phenolic OH excluding ortho intramolecular Hbond substituents is 2. The van der Waals surface area contributed by atoms with E-state index in [-0.39, 0.29) is 23.3 Å². The van der Waals surface area contributed by atoms with Gasteiger partial charge in [0.25, 0.3) is 0 Å². The van der Waals surface area contributed by atoms with Gasteiger partial charge in [0.2, 0.25) is 0 Å². The fourth-order valence-corrected chi connectivity index (χ4v) is 4.18. The highest BCUT2D eigenvalue weighted by Gasteiger charge is 2.30. The Morgan fingerprint density at radius 3 is 2.31 bits per heavy atom. The Balaban J connectivity index is 2.11. The lowest BCUT2D eigenvalue weighted by Gasteiger charge is -2.31. The molecule has 0 radical (unpaired) electrons. The summed E-state index contributed by atoms with van der Waals surface area (Å²) in [4.78, 5) is 0. The van der Waals surface area contributed by atoms with Crippen LogP contribution in [0.3, 0.4) is 0 Å². The van der Waals surface area contributed by atoms with Crippen LogP contribution >= 0.6 is 0 Å². The van der Waals surface area contributed by atoms with Crippen molar-refractivity contribution in [2.75, 3.05) is 0 Å². The molecular formula is C24H36O2. The van der Waals surface area contributed by atoms with E-state index >= 15 is 0 Å². The van der Waals surface area contributed by atoms with E-state index in [9.17, 15) is 10.2 Å². The molecule has 1 aliphatic rings. The molecule has 0 spiro atoms. The molecule has 2 heteroatoms. The number of benzene rings is 1. The standard InChI is InChI=1S/C24H36O2/c1-5-6-7-8-9-10-11-19-15-22(25)24(23(26)16-19)21-14-18(4)12-13-20(21)17(2)3/h14-16,20-21,25-26H,2,5-13H2,1,3-4H3. The Hall–Kier alpha value is -1.70. The predicted octanol–water partition coefficient (Wildman–Crippen LogP) is 7.02. The van der Waals surface area contributed by atoms with E-state index in [2.05, 4.69) is 26.5 Å². The molecule has 0 bridgehead atoms. The molecule has 1 aliphatic carbocycles. The van der Waals surface area contributed by atoms with Gasteiger partial charge in [-0.3, -0.25) is 0 Å². The molecule has 0 aliphatic heterocycles. The second-order valence-corrected chi connectivity index (χ2v) is 8.10. The number of hydrogen-bond donors (Lipinski definition) is 2. The number of rotatable bonds is 9. The second kappa shape index (κ2) is 9.85. The monoisotopic (exact) mass is 356 g/mol. The third-order valence-electron chi connectivity index (χ3n) is 5.73. The molecule has 1 aromatic carbocycles. The zero-order chi connectivity index (χ0) is 19.1. The summed E-state index contributed by atoms with van der Waals surface area (Å²) in [5.41, 5.74) is 4.14. The quantitative estimate of drug-likeness (QED) is 0.369. The van der Waals surface area contributed by atoms with Crippen LogP contribution in [0.4, 0.5) is 0 Å². The molecule has 0 aromatic heterocycles. The Bertz CT molecular complexity index is 619. The number of allylic oxidation sites excluding steroid dienone is 3. The van der Waals surface area contributed by atoms with Gasteiger partial charge >= 0.3 is 0 Å². The van der Waals surface area contributed by atoms with E-state index in [0.29, 0.717) is 5.56 Å². The van der Waals surface area contributed by atoms with E-state index in [1.54, 1.807) is 0 Å². The zero-order valence-corrected chi connectivity index (χ0v) is 16.9. The van der Waals surface area contributed by atoms with Crippen molar-refractivity contribution in [1.82, 2.24) is 0 Å². The summed E-state index contributed by atoms with van der Waals surface area (Å²) in [7, 11) is 0. The van der Waals surface area contributed by atoms with Gasteiger partial charge in [-0.25, -0.2) is 0 Å². The van der Waals surface area contributed by atoms with Gasteiger partial charge < -0.3 is 10.2 Å². The van der Waals surface area contributed by atoms with Gasteiger partial charge in [-0.1, -0.05) is 62.8 Å². The third kappa shape index (κ3) is 5.40. The Kier molecular flexibility index (Phi) is 7.81. The van der Waals surface area contributed by atoms with Gasteiger partial charge in [0, 0.05) is 11.5 Å². The number of unbranched alkanes of at least 4 members (excludes halogenated alkanes) is 5. The molecule has 0 fully saturated rings. The van der Waals surface area contributed by atoms with Crippen LogP contribution in [0.25, 0.3) is 0 Å². The minimum atomic E-state index is 0.0179. The van der Waals surface area contributed by atoms with Crippen LogP contribution in [0.5, 0.6) is 11.5 Å². The van der Waals surface area contributed by atoms with Crippen molar-refractivity contribution in [3.05, 3.63) is 47.1 Å². The van der Waals surface area contributed by atoms with Gasteiger partial charge in [0.05, 0.1) is 0 Å². The Morgan fingerprint density at radius 2 is 1.69 bits per heavy atom. The SMILES string of the molecule is C=C(C)C1CCC(C)=CC1c1c(O)cc(CCCCCCCC)cc1O. The molecule has 2 nitrogen and oxygen atoms in total. The van der Waals surface area contributed by atoms with Crippen molar-refractivity contribution in [1.29, 1.82) is 0 Å². The molecule has 2 rings (SSSR count). The van der Waals surface area contributed by atoms with Crippen molar-refractivity contribution < 1.29 is 10.2 Å². The number of phenols is 2. The summed E-state index contributed by atoms with van der Waals surface area (Å²) < 4.78 is 0. The van der Waals surface area contributed by atoms with Crippen molar-refractivity contribution in [3.8, 4) is 11.5 Å². The molecule has 144 valence electrons. The Labute approximate surface area is 159 Å². The first-order valence-electron chi connectivity index (χ1n) is 10.3. The number of aryl methyl sites for hydroxylation is 1. The molecule has 2 unspecified atom stereocenters. The summed E-state index contributed by atoms with van der Waals surface area (Å²) in [6.45, 7) is 10.5. The summed E-state index contributed by atoms with van der Waals surface area (Å²) >= 11 is 0. The summed E-state index contributed by atoms with van der Waals surface area (Å²) in [6, 6.07) is 3.71. The highest BCUT2D eigenvalue weighted by atomic mass is 16.3. The fourth-order valence-electron chi connectivity index (χ4n) is 4.18. The smallest absolute Gasteiger partial charge is 0.123 e. The molecule has 26 heavy (non-hydrogen) atoms. The lowest BCUT2D eigenvalue weighted by molar-refractivity contribution is 0.406. The zero-order valence-electron chi connectivity index (χ0n) is 16.9. The minimum absolute atomic E-state index is 0.0179. The average Bonchev–Trinajstić information content (AvgIpc) is 2.57. The number of hydrogen-bond acceptors (Lipinski definition) is 2. The first-order valence-corrected chi connectivity index (χ1v) is 10.3. The van der Waals surface area contributed by atoms with E-state index in [4.69, 9.17) is 0 Å². The second-order valence-electron chi connectivity index (χ2n) is 8.10. The largest absolute Gasteiger partial charge is 0.507 e. The molecule has 2 atom stereocenters. The van der Waals surface area contributed by atoms with Gasteiger partial charge in [-0.2, -0.15) is 0 Å². The minimum Gasteiger partial charge on any atom is -0.507 e. The molecule has 0 saturated heterocycles. The van der Waals surface area contributed by atoms with Crippen LogP contribution in [0.15, 0.2) is 35.9 Å². The highest BCUT2D eigenvalue weighted by molar-refractivity contribution is 5.51. The van der Waals surface area contributed by atoms with E-state index in [1.165, 1.54) is 37.7 Å². The maximum absolute atomic E-state index is 10.7. The Morgan fingerprint density at radius 1 is 1.08 bits per heavy atom. The van der Waals surface area contributed by atoms with E-state index < -0.39 is 0 Å². The van der Waals surface area contributed by atoms with Crippen molar-refractivity contribution in [2.45, 2.75) is 84.5 Å². The lowest BCUT2D eigenvalue weighted by Crippen LogP contribution is -2.17. The fraction of sp³-hybridized carbons (Fsp3) is 0.583.